The number of aliphatic carboxylic acids is 2. The summed E-state index contributed by atoms with van der Waals surface area (Å²) in [7, 11) is 2.22. The van der Waals surface area contributed by atoms with E-state index in [9.17, 15) is 31.1 Å². The number of piperidine rings is 2. The number of hydrogen-bond donors (Lipinski definition) is 2. The number of alkyl halides is 6. The van der Waals surface area contributed by atoms with Crippen LogP contribution in [0.1, 0.15) is 42.6 Å². The van der Waals surface area contributed by atoms with Gasteiger partial charge < -0.3 is 15.1 Å². The van der Waals surface area contributed by atoms with E-state index in [4.69, 9.17) is 19.8 Å². The third kappa shape index (κ3) is 8.80. The first kappa shape index (κ1) is 29.1. The predicted molar refractivity (Wildman–Crippen MR) is 106 cm³/mol. The fourth-order valence-electron chi connectivity index (χ4n) is 3.68. The van der Waals surface area contributed by atoms with Gasteiger partial charge in [0, 0.05) is 24.8 Å². The van der Waals surface area contributed by atoms with Gasteiger partial charge in [0.15, 0.2) is 0 Å². The Morgan fingerprint density at radius 2 is 1.44 bits per heavy atom. The molecule has 14 heteroatoms. The van der Waals surface area contributed by atoms with E-state index in [1.54, 1.807) is 6.20 Å². The highest BCUT2D eigenvalue weighted by Gasteiger charge is 2.42. The molecule has 192 valence electrons. The molecule has 2 aliphatic rings. The van der Waals surface area contributed by atoms with E-state index in [2.05, 4.69) is 16.9 Å². The first-order valence-electron chi connectivity index (χ1n) is 10.1. The number of aromatic nitrogens is 1. The summed E-state index contributed by atoms with van der Waals surface area (Å²) < 4.78 is 63.5. The van der Waals surface area contributed by atoms with Crippen LogP contribution in [0.2, 0.25) is 0 Å². The normalized spacial score (nSPS) is 21.0. The first-order valence-corrected chi connectivity index (χ1v) is 10.1. The Kier molecular flexibility index (Phi) is 10.3. The Bertz CT molecular complexity index is 806. The highest BCUT2D eigenvalue weighted by atomic mass is 19.4. The molecule has 2 N–H and O–H groups in total. The Labute approximate surface area is 191 Å². The van der Waals surface area contributed by atoms with Crippen LogP contribution in [-0.2, 0) is 9.59 Å². The van der Waals surface area contributed by atoms with Gasteiger partial charge in [-0.1, -0.05) is 12.5 Å². The minimum Gasteiger partial charge on any atom is -0.475 e. The number of rotatable bonds is 1. The standard InChI is InChI=1S/C16H23N3O.2C2HF3O2/c1-18-11-5-3-8-16(18)9-6-12-19(13-16)15(20)14-7-2-4-10-17-14;2*3-2(4,5)1(6)7/h2,4,7,10H,3,5-6,8-9,11-13H2,1H3;2*(H,6,7). The summed E-state index contributed by atoms with van der Waals surface area (Å²) >= 11 is 0. The van der Waals surface area contributed by atoms with Gasteiger partial charge in [-0.05, 0) is 51.4 Å². The number of nitrogens with zero attached hydrogens (tertiary/aromatic N) is 3. The molecule has 1 aromatic heterocycles. The van der Waals surface area contributed by atoms with Crippen LogP contribution in [-0.4, -0.2) is 87.4 Å². The largest absolute Gasteiger partial charge is 0.490 e. The van der Waals surface area contributed by atoms with Crippen LogP contribution < -0.4 is 0 Å². The number of pyridine rings is 1. The molecule has 34 heavy (non-hydrogen) atoms. The molecule has 1 aromatic rings. The zero-order valence-electron chi connectivity index (χ0n) is 18.2. The third-order valence-corrected chi connectivity index (χ3v) is 5.41. The maximum absolute atomic E-state index is 12.6. The lowest BCUT2D eigenvalue weighted by Gasteiger charge is -2.50. The molecule has 1 atom stereocenters. The summed E-state index contributed by atoms with van der Waals surface area (Å²) in [5.41, 5.74) is 0.782. The number of carbonyl (C=O) groups excluding carboxylic acids is 1. The molecular weight excluding hydrogens is 476 g/mol. The van der Waals surface area contributed by atoms with E-state index < -0.39 is 24.3 Å². The van der Waals surface area contributed by atoms with Crippen molar-refractivity contribution in [2.24, 2.45) is 0 Å². The van der Waals surface area contributed by atoms with Crippen molar-refractivity contribution < 1.29 is 50.9 Å². The Balaban J connectivity index is 0.000000343. The van der Waals surface area contributed by atoms with E-state index in [-0.39, 0.29) is 11.4 Å². The molecule has 0 aromatic carbocycles. The lowest BCUT2D eigenvalue weighted by atomic mass is 9.80. The van der Waals surface area contributed by atoms with Crippen molar-refractivity contribution >= 4 is 17.8 Å². The third-order valence-electron chi connectivity index (χ3n) is 5.41. The van der Waals surface area contributed by atoms with Gasteiger partial charge in [0.2, 0.25) is 0 Å². The van der Waals surface area contributed by atoms with Gasteiger partial charge in [-0.2, -0.15) is 26.3 Å². The van der Waals surface area contributed by atoms with Crippen LogP contribution in [0.3, 0.4) is 0 Å². The van der Waals surface area contributed by atoms with Gasteiger partial charge in [0.05, 0.1) is 0 Å². The highest BCUT2D eigenvalue weighted by Crippen LogP contribution is 2.35. The second-order valence-electron chi connectivity index (χ2n) is 7.75. The zero-order valence-corrected chi connectivity index (χ0v) is 18.2. The number of halogens is 6. The molecule has 3 rings (SSSR count). The fourth-order valence-corrected chi connectivity index (χ4v) is 3.68. The highest BCUT2D eigenvalue weighted by molar-refractivity contribution is 5.92. The predicted octanol–water partition coefficient (Wildman–Crippen LogP) is 3.44. The number of likely N-dealkylation sites (N-methyl/N-ethyl adjacent to an activating group) is 1. The van der Waals surface area contributed by atoms with Crippen molar-refractivity contribution in [3.05, 3.63) is 30.1 Å². The van der Waals surface area contributed by atoms with Crippen molar-refractivity contribution in [2.75, 3.05) is 26.7 Å². The van der Waals surface area contributed by atoms with E-state index >= 15 is 0 Å². The van der Waals surface area contributed by atoms with Crippen LogP contribution in [0, 0.1) is 0 Å². The smallest absolute Gasteiger partial charge is 0.475 e. The van der Waals surface area contributed by atoms with Gasteiger partial charge in [0.1, 0.15) is 5.69 Å². The van der Waals surface area contributed by atoms with Crippen LogP contribution >= 0.6 is 0 Å². The fraction of sp³-hybridized carbons (Fsp3) is 0.600. The number of carbonyl (C=O) groups is 3. The van der Waals surface area contributed by atoms with Crippen LogP contribution in [0.4, 0.5) is 26.3 Å². The first-order chi connectivity index (χ1) is 15.6. The van der Waals surface area contributed by atoms with Crippen molar-refractivity contribution in [1.82, 2.24) is 14.8 Å². The van der Waals surface area contributed by atoms with Crippen molar-refractivity contribution in [3.63, 3.8) is 0 Å². The van der Waals surface area contributed by atoms with Gasteiger partial charge >= 0.3 is 24.3 Å². The van der Waals surface area contributed by atoms with Crippen LogP contribution in [0.25, 0.3) is 0 Å². The molecule has 8 nitrogen and oxygen atoms in total. The number of hydrogen-bond acceptors (Lipinski definition) is 5. The summed E-state index contributed by atoms with van der Waals surface area (Å²) in [4.78, 5) is 39.1. The molecular formula is C20H25F6N3O5. The quantitative estimate of drug-likeness (QED) is 0.568. The zero-order chi connectivity index (χ0) is 26.2. The number of carboxylic acids is 2. The van der Waals surface area contributed by atoms with Gasteiger partial charge in [-0.15, -0.1) is 0 Å². The summed E-state index contributed by atoms with van der Waals surface area (Å²) in [6.07, 6.45) is -2.37. The van der Waals surface area contributed by atoms with Gasteiger partial charge in [-0.3, -0.25) is 14.7 Å². The summed E-state index contributed by atoms with van der Waals surface area (Å²) in [5, 5.41) is 14.2. The Morgan fingerprint density at radius 1 is 0.912 bits per heavy atom. The average molecular weight is 501 g/mol. The summed E-state index contributed by atoms with van der Waals surface area (Å²) in [6.45, 7) is 2.88. The molecule has 3 heterocycles. The molecule has 1 spiro atoms. The second-order valence-corrected chi connectivity index (χ2v) is 7.75. The number of amides is 1. The lowest BCUT2D eigenvalue weighted by Crippen LogP contribution is -2.60. The van der Waals surface area contributed by atoms with E-state index in [1.807, 2.05) is 23.1 Å². The van der Waals surface area contributed by atoms with E-state index in [0.29, 0.717) is 5.69 Å². The molecule has 2 aliphatic heterocycles. The summed E-state index contributed by atoms with van der Waals surface area (Å²) in [6, 6.07) is 5.55. The van der Waals surface area contributed by atoms with Crippen molar-refractivity contribution in [2.45, 2.75) is 50.0 Å². The SMILES string of the molecule is CN1CCCCC12CCCN(C(=O)c1ccccn1)C2.O=C(O)C(F)(F)F.O=C(O)C(F)(F)F. The topological polar surface area (TPSA) is 111 Å². The van der Waals surface area contributed by atoms with Gasteiger partial charge in [0.25, 0.3) is 5.91 Å². The second kappa shape index (κ2) is 12.0. The Morgan fingerprint density at radius 3 is 1.88 bits per heavy atom. The van der Waals surface area contributed by atoms with Crippen molar-refractivity contribution in [1.29, 1.82) is 0 Å². The lowest BCUT2D eigenvalue weighted by molar-refractivity contribution is -0.193. The minimum absolute atomic E-state index is 0.0867. The molecule has 0 aliphatic carbocycles. The van der Waals surface area contributed by atoms with E-state index in [1.165, 1.54) is 25.7 Å². The maximum atomic E-state index is 12.6. The van der Waals surface area contributed by atoms with Crippen LogP contribution in [0.5, 0.6) is 0 Å². The molecule has 2 fully saturated rings. The molecule has 0 saturated carbocycles. The molecule has 1 unspecified atom stereocenters. The molecule has 0 bridgehead atoms. The molecule has 0 radical (unpaired) electrons. The molecule has 2 saturated heterocycles. The minimum atomic E-state index is -5.08. The van der Waals surface area contributed by atoms with Crippen molar-refractivity contribution in [3.8, 4) is 0 Å². The van der Waals surface area contributed by atoms with E-state index in [0.717, 1.165) is 26.1 Å². The van der Waals surface area contributed by atoms with Gasteiger partial charge in [-0.25, -0.2) is 9.59 Å². The number of likely N-dealkylation sites (tertiary alicyclic amines) is 2. The maximum Gasteiger partial charge on any atom is 0.490 e. The number of carboxylic acid groups (broad SMARTS) is 2. The summed E-state index contributed by atoms with van der Waals surface area (Å²) in [5.74, 6) is -5.43. The van der Waals surface area contributed by atoms with Crippen LogP contribution in [0.15, 0.2) is 24.4 Å². The average Bonchev–Trinajstić information content (AvgIpc) is 2.76. The Hall–Kier alpha value is -2.90. The molecule has 1 amide bonds. The monoisotopic (exact) mass is 501 g/mol.